The van der Waals surface area contributed by atoms with Gasteiger partial charge >= 0.3 is 0 Å². The number of unbranched alkanes of at least 4 members (excludes halogenated alkanes) is 1. The van der Waals surface area contributed by atoms with Crippen LogP contribution in [0.4, 0.5) is 0 Å². The van der Waals surface area contributed by atoms with E-state index >= 15 is 0 Å². The third-order valence-electron chi connectivity index (χ3n) is 2.47. The smallest absolute Gasteiger partial charge is 0.219 e. The zero-order valence-electron chi connectivity index (χ0n) is 11.4. The van der Waals surface area contributed by atoms with E-state index < -0.39 is 10.3 Å². The van der Waals surface area contributed by atoms with Crippen LogP contribution in [-0.2, 0) is 20.9 Å². The Kier molecular flexibility index (Phi) is 7.95. The van der Waals surface area contributed by atoms with Crippen molar-refractivity contribution < 1.29 is 9.05 Å². The molecule has 0 radical (unpaired) electrons. The van der Waals surface area contributed by atoms with E-state index in [0.717, 1.165) is 12.8 Å². The molecule has 0 amide bonds. The SMILES string of the molecule is CCCCOP(=S)(OCC(Cl)(Cl)Cl)c1ccc(C#N)cc1. The number of hydrogen-bond acceptors (Lipinski definition) is 4. The number of hydrogen-bond donors (Lipinski definition) is 0. The summed E-state index contributed by atoms with van der Waals surface area (Å²) in [6.45, 7) is -0.377. The molecule has 0 heterocycles. The molecule has 1 rings (SSSR count). The molecule has 0 saturated carbocycles. The Bertz CT molecular complexity index is 540. The molecule has 116 valence electrons. The largest absolute Gasteiger partial charge is 0.326 e. The molecular weight excluding hydrogens is 372 g/mol. The van der Waals surface area contributed by atoms with Gasteiger partial charge in [0.1, 0.15) is 6.61 Å². The summed E-state index contributed by atoms with van der Waals surface area (Å²) >= 11 is 22.7. The van der Waals surface area contributed by atoms with Crippen molar-refractivity contribution in [3.05, 3.63) is 29.8 Å². The molecule has 0 aliphatic rings. The second-order valence-corrected chi connectivity index (χ2v) is 10.2. The van der Waals surface area contributed by atoms with E-state index in [1.165, 1.54) is 0 Å². The molecule has 0 aromatic heterocycles. The van der Waals surface area contributed by atoms with Crippen LogP contribution in [0.1, 0.15) is 25.3 Å². The Labute approximate surface area is 145 Å². The van der Waals surface area contributed by atoms with E-state index in [9.17, 15) is 0 Å². The quantitative estimate of drug-likeness (QED) is 0.387. The van der Waals surface area contributed by atoms with Crippen molar-refractivity contribution in [3.63, 3.8) is 0 Å². The molecule has 0 spiro atoms. The minimum Gasteiger partial charge on any atom is -0.326 e. The first kappa shape index (κ1) is 19.2. The molecule has 0 bridgehead atoms. The van der Waals surface area contributed by atoms with Gasteiger partial charge in [-0.1, -0.05) is 48.1 Å². The Morgan fingerprint density at radius 2 is 1.86 bits per heavy atom. The van der Waals surface area contributed by atoms with Crippen molar-refractivity contribution in [2.75, 3.05) is 13.2 Å². The van der Waals surface area contributed by atoms with E-state index in [1.807, 2.05) is 6.07 Å². The molecule has 0 aliphatic heterocycles. The summed E-state index contributed by atoms with van der Waals surface area (Å²) in [5.74, 6) is 0. The van der Waals surface area contributed by atoms with Crippen molar-refractivity contribution >= 4 is 58.4 Å². The number of benzene rings is 1. The summed E-state index contributed by atoms with van der Waals surface area (Å²) in [5, 5.41) is 9.53. The summed E-state index contributed by atoms with van der Waals surface area (Å²) in [6.07, 6.45) is 1.85. The van der Waals surface area contributed by atoms with Crippen LogP contribution in [0.25, 0.3) is 0 Å². The standard InChI is InChI=1S/C13H15Cl3NO2PS/c1-2-3-8-18-20(21,19-10-13(14,15)16)12-6-4-11(9-17)5-7-12/h4-7H,2-3,8,10H2,1H3. The van der Waals surface area contributed by atoms with Crippen molar-refractivity contribution in [2.45, 2.75) is 23.6 Å². The number of nitriles is 1. The topological polar surface area (TPSA) is 42.2 Å². The molecular formula is C13H15Cl3NO2PS. The lowest BCUT2D eigenvalue weighted by molar-refractivity contribution is 0.254. The van der Waals surface area contributed by atoms with Crippen molar-refractivity contribution in [2.24, 2.45) is 0 Å². The zero-order chi connectivity index (χ0) is 15.9. The van der Waals surface area contributed by atoms with E-state index in [0.29, 0.717) is 17.5 Å². The van der Waals surface area contributed by atoms with E-state index in [1.54, 1.807) is 24.3 Å². The predicted octanol–water partition coefficient (Wildman–Crippen LogP) is 4.70. The number of alkyl halides is 3. The average Bonchev–Trinajstić information content (AvgIpc) is 2.45. The van der Waals surface area contributed by atoms with Gasteiger partial charge in [0, 0.05) is 5.30 Å². The predicted molar refractivity (Wildman–Crippen MR) is 92.2 cm³/mol. The number of nitrogens with zero attached hydrogens (tertiary/aromatic N) is 1. The van der Waals surface area contributed by atoms with Crippen LogP contribution >= 0.6 is 41.3 Å². The lowest BCUT2D eigenvalue weighted by Crippen LogP contribution is -2.17. The van der Waals surface area contributed by atoms with Crippen LogP contribution < -0.4 is 5.30 Å². The molecule has 1 aromatic rings. The molecule has 0 fully saturated rings. The summed E-state index contributed by atoms with van der Waals surface area (Å²) in [5.41, 5.74) is 0.537. The highest BCUT2D eigenvalue weighted by atomic mass is 35.6. The van der Waals surface area contributed by atoms with E-state index in [2.05, 4.69) is 6.92 Å². The van der Waals surface area contributed by atoms with Crippen LogP contribution in [0, 0.1) is 11.3 Å². The van der Waals surface area contributed by atoms with E-state index in [-0.39, 0.29) is 6.61 Å². The number of halogens is 3. The second kappa shape index (κ2) is 8.70. The fourth-order valence-electron chi connectivity index (χ4n) is 1.39. The molecule has 1 atom stereocenters. The van der Waals surface area contributed by atoms with E-state index in [4.69, 9.17) is 60.9 Å². The first-order valence-electron chi connectivity index (χ1n) is 6.27. The summed E-state index contributed by atoms with van der Waals surface area (Å²) < 4.78 is 9.84. The van der Waals surface area contributed by atoms with Crippen LogP contribution in [-0.4, -0.2) is 17.0 Å². The first-order valence-corrected chi connectivity index (χ1v) is 10.0. The Morgan fingerprint density at radius 3 is 2.33 bits per heavy atom. The normalized spacial score (nSPS) is 14.4. The van der Waals surface area contributed by atoms with Gasteiger partial charge in [0.25, 0.3) is 0 Å². The molecule has 0 N–H and O–H groups in total. The van der Waals surface area contributed by atoms with Crippen LogP contribution in [0.3, 0.4) is 0 Å². The average molecular weight is 387 g/mol. The minimum atomic E-state index is -2.76. The van der Waals surface area contributed by atoms with Crippen LogP contribution in [0.15, 0.2) is 24.3 Å². The zero-order valence-corrected chi connectivity index (χ0v) is 15.4. The monoisotopic (exact) mass is 385 g/mol. The number of rotatable bonds is 7. The third kappa shape index (κ3) is 6.84. The van der Waals surface area contributed by atoms with Gasteiger partial charge in [-0.15, -0.1) is 0 Å². The highest BCUT2D eigenvalue weighted by molar-refractivity contribution is 8.13. The van der Waals surface area contributed by atoms with Gasteiger partial charge < -0.3 is 9.05 Å². The maximum atomic E-state index is 8.83. The maximum absolute atomic E-state index is 8.83. The molecule has 8 heteroatoms. The van der Waals surface area contributed by atoms with Gasteiger partial charge in [0.15, 0.2) is 0 Å². The highest BCUT2D eigenvalue weighted by Gasteiger charge is 2.28. The van der Waals surface area contributed by atoms with Crippen molar-refractivity contribution in [1.82, 2.24) is 0 Å². The Hall–Kier alpha value is 0.150. The van der Waals surface area contributed by atoms with Gasteiger partial charge in [-0.3, -0.25) is 0 Å². The molecule has 0 aliphatic carbocycles. The molecule has 3 nitrogen and oxygen atoms in total. The molecule has 21 heavy (non-hydrogen) atoms. The fraction of sp³-hybridized carbons (Fsp3) is 0.462. The summed E-state index contributed by atoms with van der Waals surface area (Å²) in [4.78, 5) is 0. The Balaban J connectivity index is 2.93. The van der Waals surface area contributed by atoms with Crippen LogP contribution in [0.2, 0.25) is 0 Å². The maximum Gasteiger partial charge on any atom is 0.219 e. The van der Waals surface area contributed by atoms with Gasteiger partial charge in [0.2, 0.25) is 10.3 Å². The van der Waals surface area contributed by atoms with Crippen LogP contribution in [0.5, 0.6) is 0 Å². The first-order chi connectivity index (χ1) is 9.80. The minimum absolute atomic E-state index is 0.152. The van der Waals surface area contributed by atoms with Gasteiger partial charge in [-0.05, 0) is 42.5 Å². The summed E-state index contributed by atoms with van der Waals surface area (Å²) in [6, 6.07) is 8.83. The van der Waals surface area contributed by atoms with Gasteiger partial charge in [-0.2, -0.15) is 5.26 Å². The Morgan fingerprint density at radius 1 is 1.24 bits per heavy atom. The fourth-order valence-corrected chi connectivity index (χ4v) is 4.15. The van der Waals surface area contributed by atoms with Crippen molar-refractivity contribution in [3.8, 4) is 6.07 Å². The second-order valence-electron chi connectivity index (χ2n) is 4.23. The summed E-state index contributed by atoms with van der Waals surface area (Å²) in [7, 11) is 0. The van der Waals surface area contributed by atoms with Gasteiger partial charge in [-0.25, -0.2) is 0 Å². The lowest BCUT2D eigenvalue weighted by Gasteiger charge is -2.24. The van der Waals surface area contributed by atoms with Gasteiger partial charge in [0.05, 0.1) is 18.2 Å². The molecule has 1 unspecified atom stereocenters. The molecule has 0 saturated heterocycles. The highest BCUT2D eigenvalue weighted by Crippen LogP contribution is 2.49. The third-order valence-corrected chi connectivity index (χ3v) is 5.98. The lowest BCUT2D eigenvalue weighted by atomic mass is 10.2. The van der Waals surface area contributed by atoms with Crippen molar-refractivity contribution in [1.29, 1.82) is 5.26 Å². The molecule has 1 aromatic carbocycles.